The van der Waals surface area contributed by atoms with Crippen LogP contribution in [0.5, 0.6) is 0 Å². The van der Waals surface area contributed by atoms with Crippen LogP contribution >= 0.6 is 0 Å². The van der Waals surface area contributed by atoms with Gasteiger partial charge in [-0.15, -0.1) is 0 Å². The summed E-state index contributed by atoms with van der Waals surface area (Å²) in [6.45, 7) is 13.2. The number of carbonyl (C=O) groups is 2. The summed E-state index contributed by atoms with van der Waals surface area (Å²) in [5.41, 5.74) is 1.46. The van der Waals surface area contributed by atoms with Crippen molar-refractivity contribution >= 4 is 12.0 Å². The quantitative estimate of drug-likeness (QED) is 0.744. The number of amides is 2. The molecule has 0 spiro atoms. The van der Waals surface area contributed by atoms with E-state index in [4.69, 9.17) is 4.74 Å². The molecule has 0 aromatic heterocycles. The molecule has 2 aliphatic rings. The Labute approximate surface area is 181 Å². The van der Waals surface area contributed by atoms with E-state index in [1.54, 1.807) is 4.90 Å². The number of carbonyl (C=O) groups excluding carboxylic acids is 2. The fourth-order valence-electron chi connectivity index (χ4n) is 4.35. The van der Waals surface area contributed by atoms with Gasteiger partial charge in [0.2, 0.25) is 0 Å². The van der Waals surface area contributed by atoms with Gasteiger partial charge in [-0.05, 0) is 65.2 Å². The van der Waals surface area contributed by atoms with E-state index in [2.05, 4.69) is 30.9 Å². The third-order valence-electron chi connectivity index (χ3n) is 6.16. The second-order valence-electron chi connectivity index (χ2n) is 9.76. The van der Waals surface area contributed by atoms with Crippen LogP contribution in [0.15, 0.2) is 24.3 Å². The molecule has 2 atom stereocenters. The monoisotopic (exact) mass is 415 g/mol. The maximum Gasteiger partial charge on any atom is 0.410 e. The van der Waals surface area contributed by atoms with Crippen molar-refractivity contribution in [2.45, 2.75) is 78.1 Å². The van der Waals surface area contributed by atoms with Gasteiger partial charge in [0.15, 0.2) is 0 Å². The van der Waals surface area contributed by atoms with E-state index in [-0.39, 0.29) is 12.0 Å². The van der Waals surface area contributed by atoms with Gasteiger partial charge in [0.05, 0.1) is 0 Å². The van der Waals surface area contributed by atoms with E-state index in [1.807, 2.05) is 37.8 Å². The maximum atomic E-state index is 12.9. The molecule has 30 heavy (non-hydrogen) atoms. The van der Waals surface area contributed by atoms with Crippen LogP contribution in [0.4, 0.5) is 4.79 Å². The Balaban J connectivity index is 1.53. The molecule has 6 nitrogen and oxygen atoms in total. The Hall–Kier alpha value is -2.08. The van der Waals surface area contributed by atoms with Crippen LogP contribution in [0.3, 0.4) is 0 Å². The molecular formula is C24H37N3O3. The zero-order valence-corrected chi connectivity index (χ0v) is 19.2. The largest absolute Gasteiger partial charge is 0.444 e. The molecule has 0 radical (unpaired) electrons. The highest BCUT2D eigenvalue weighted by atomic mass is 16.6. The topological polar surface area (TPSA) is 53.1 Å². The van der Waals surface area contributed by atoms with Crippen molar-refractivity contribution in [1.29, 1.82) is 0 Å². The van der Waals surface area contributed by atoms with Gasteiger partial charge in [-0.25, -0.2) is 4.79 Å². The number of likely N-dealkylation sites (tertiary alicyclic amines) is 1. The van der Waals surface area contributed by atoms with E-state index in [1.165, 1.54) is 24.8 Å². The lowest BCUT2D eigenvalue weighted by atomic mass is 9.96. The summed E-state index contributed by atoms with van der Waals surface area (Å²) in [4.78, 5) is 31.2. The molecule has 0 saturated carbocycles. The van der Waals surface area contributed by atoms with Crippen molar-refractivity contribution in [2.75, 3.05) is 26.2 Å². The highest BCUT2D eigenvalue weighted by molar-refractivity contribution is 5.94. The highest BCUT2D eigenvalue weighted by Crippen LogP contribution is 2.24. The van der Waals surface area contributed by atoms with Crippen LogP contribution in [-0.4, -0.2) is 70.6 Å². The first-order chi connectivity index (χ1) is 14.1. The second-order valence-corrected chi connectivity index (χ2v) is 9.76. The van der Waals surface area contributed by atoms with Crippen molar-refractivity contribution < 1.29 is 14.3 Å². The van der Waals surface area contributed by atoms with Crippen LogP contribution in [0.2, 0.25) is 0 Å². The first kappa shape index (κ1) is 22.6. The third-order valence-corrected chi connectivity index (χ3v) is 6.16. The fraction of sp³-hybridized carbons (Fsp3) is 0.667. The van der Waals surface area contributed by atoms with Gasteiger partial charge in [0, 0.05) is 50.4 Å². The van der Waals surface area contributed by atoms with Crippen molar-refractivity contribution in [3.8, 4) is 0 Å². The summed E-state index contributed by atoms with van der Waals surface area (Å²) in [6, 6.07) is 9.26. The Bertz CT molecular complexity index is 723. The number of ether oxygens (including phenoxy) is 1. The second kappa shape index (κ2) is 9.38. The van der Waals surface area contributed by atoms with Gasteiger partial charge < -0.3 is 14.5 Å². The lowest BCUT2D eigenvalue weighted by Gasteiger charge is -2.39. The van der Waals surface area contributed by atoms with E-state index in [0.717, 1.165) is 6.54 Å². The number of piperazine rings is 1. The molecule has 2 aliphatic heterocycles. The average molecular weight is 416 g/mol. The minimum Gasteiger partial charge on any atom is -0.444 e. The van der Waals surface area contributed by atoms with Crippen LogP contribution in [0.25, 0.3) is 0 Å². The zero-order valence-electron chi connectivity index (χ0n) is 19.2. The molecule has 0 bridgehead atoms. The predicted molar refractivity (Wildman–Crippen MR) is 118 cm³/mol. The highest BCUT2D eigenvalue weighted by Gasteiger charge is 2.28. The fourth-order valence-corrected chi connectivity index (χ4v) is 4.35. The first-order valence-electron chi connectivity index (χ1n) is 11.3. The number of benzene rings is 1. The van der Waals surface area contributed by atoms with Crippen LogP contribution in [0, 0.1) is 0 Å². The molecule has 2 saturated heterocycles. The zero-order chi connectivity index (χ0) is 21.9. The van der Waals surface area contributed by atoms with Gasteiger partial charge in [-0.2, -0.15) is 0 Å². The molecule has 0 aliphatic carbocycles. The van der Waals surface area contributed by atoms with Crippen molar-refractivity contribution in [3.63, 3.8) is 0 Å². The number of hydrogen-bond donors (Lipinski definition) is 0. The van der Waals surface area contributed by atoms with E-state index < -0.39 is 5.60 Å². The predicted octanol–water partition coefficient (Wildman–Crippen LogP) is 4.14. The van der Waals surface area contributed by atoms with Crippen molar-refractivity contribution in [1.82, 2.24) is 14.7 Å². The molecular weight excluding hydrogens is 378 g/mol. The minimum absolute atomic E-state index is 0.0325. The molecule has 3 rings (SSSR count). The standard InChI is InChI=1S/C24H37N3O3/c1-18-7-6-8-19(2)27(18)17-20-9-11-21(12-10-20)22(28)25-13-15-26(16-14-25)23(29)30-24(3,4)5/h9-12,18-19H,6-8,13-17H2,1-5H3. The SMILES string of the molecule is CC1CCCC(C)N1Cc1ccc(C(=O)N2CCN(C(=O)OC(C)(C)C)CC2)cc1. The van der Waals surface area contributed by atoms with E-state index >= 15 is 0 Å². The maximum absolute atomic E-state index is 12.9. The summed E-state index contributed by atoms with van der Waals surface area (Å²) in [6.07, 6.45) is 3.53. The Morgan fingerprint density at radius 1 is 0.933 bits per heavy atom. The Kier molecular flexibility index (Phi) is 7.06. The number of piperidine rings is 1. The summed E-state index contributed by atoms with van der Waals surface area (Å²) < 4.78 is 5.43. The summed E-state index contributed by atoms with van der Waals surface area (Å²) in [7, 11) is 0. The number of nitrogens with zero attached hydrogens (tertiary/aromatic N) is 3. The Morgan fingerprint density at radius 2 is 1.47 bits per heavy atom. The summed E-state index contributed by atoms with van der Waals surface area (Å²) >= 11 is 0. The van der Waals surface area contributed by atoms with Gasteiger partial charge in [0.25, 0.3) is 5.91 Å². The Morgan fingerprint density at radius 3 is 2.00 bits per heavy atom. The van der Waals surface area contributed by atoms with E-state index in [0.29, 0.717) is 43.8 Å². The molecule has 2 amide bonds. The molecule has 1 aromatic carbocycles. The molecule has 6 heteroatoms. The first-order valence-corrected chi connectivity index (χ1v) is 11.3. The van der Waals surface area contributed by atoms with Crippen LogP contribution < -0.4 is 0 Å². The minimum atomic E-state index is -0.504. The van der Waals surface area contributed by atoms with Crippen molar-refractivity contribution in [3.05, 3.63) is 35.4 Å². The van der Waals surface area contributed by atoms with Gasteiger partial charge in [-0.3, -0.25) is 9.69 Å². The average Bonchev–Trinajstić information content (AvgIpc) is 2.70. The number of hydrogen-bond acceptors (Lipinski definition) is 4. The van der Waals surface area contributed by atoms with Gasteiger partial charge >= 0.3 is 6.09 Å². The van der Waals surface area contributed by atoms with Crippen LogP contribution in [-0.2, 0) is 11.3 Å². The lowest BCUT2D eigenvalue weighted by Crippen LogP contribution is -2.51. The lowest BCUT2D eigenvalue weighted by molar-refractivity contribution is 0.0141. The molecule has 2 unspecified atom stereocenters. The molecule has 2 fully saturated rings. The molecule has 166 valence electrons. The van der Waals surface area contributed by atoms with Crippen molar-refractivity contribution in [2.24, 2.45) is 0 Å². The third kappa shape index (κ3) is 5.75. The summed E-state index contributed by atoms with van der Waals surface area (Å²) in [5.74, 6) is 0.0325. The van der Waals surface area contributed by atoms with Gasteiger partial charge in [-0.1, -0.05) is 18.6 Å². The summed E-state index contributed by atoms with van der Waals surface area (Å²) in [5, 5.41) is 0. The van der Waals surface area contributed by atoms with E-state index in [9.17, 15) is 9.59 Å². The molecule has 2 heterocycles. The van der Waals surface area contributed by atoms with Crippen LogP contribution in [0.1, 0.15) is 69.8 Å². The normalized spacial score (nSPS) is 23.4. The molecule has 0 N–H and O–H groups in total. The smallest absolute Gasteiger partial charge is 0.410 e. The molecule has 1 aromatic rings. The number of rotatable bonds is 3. The van der Waals surface area contributed by atoms with Gasteiger partial charge in [0.1, 0.15) is 5.60 Å².